The van der Waals surface area contributed by atoms with Gasteiger partial charge in [0, 0.05) is 49.1 Å². The summed E-state index contributed by atoms with van der Waals surface area (Å²) in [6.45, 7) is 1.15. The molecular weight excluding hydrogens is 526 g/mol. The van der Waals surface area contributed by atoms with Gasteiger partial charge in [0.05, 0.1) is 42.1 Å². The van der Waals surface area contributed by atoms with E-state index in [1.807, 2.05) is 0 Å². The van der Waals surface area contributed by atoms with E-state index in [2.05, 4.69) is 0 Å². The predicted molar refractivity (Wildman–Crippen MR) is 137 cm³/mol. The SMILES string of the molecule is COCC(=O)[C@]1(O)Cc2c(O)c3c(c(O)c2[C@@H](OC2CC(N)C(O)C(C)O2)C1)C(=O)c1c(OC)cccc1C3=O. The van der Waals surface area contributed by atoms with Gasteiger partial charge in [-0.05, 0) is 13.0 Å². The van der Waals surface area contributed by atoms with Gasteiger partial charge in [0.15, 0.2) is 17.9 Å². The maximum absolute atomic E-state index is 13.7. The molecule has 2 aromatic rings. The number of ether oxygens (including phenoxy) is 4. The first-order chi connectivity index (χ1) is 18.9. The number of Topliss-reactive ketones (excluding diaryl/α,β-unsaturated/α-hetero) is 1. The van der Waals surface area contributed by atoms with Gasteiger partial charge in [-0.15, -0.1) is 0 Å². The lowest BCUT2D eigenvalue weighted by molar-refractivity contribution is -0.247. The van der Waals surface area contributed by atoms with Gasteiger partial charge in [-0.2, -0.15) is 0 Å². The van der Waals surface area contributed by atoms with Crippen LogP contribution < -0.4 is 10.5 Å². The summed E-state index contributed by atoms with van der Waals surface area (Å²) < 4.78 is 22.1. The summed E-state index contributed by atoms with van der Waals surface area (Å²) in [6, 6.07) is 3.71. The molecule has 1 heterocycles. The molecule has 0 amide bonds. The van der Waals surface area contributed by atoms with Gasteiger partial charge in [0.2, 0.25) is 5.78 Å². The van der Waals surface area contributed by atoms with Crippen LogP contribution in [0, 0.1) is 0 Å². The van der Waals surface area contributed by atoms with Crippen molar-refractivity contribution in [2.24, 2.45) is 5.73 Å². The van der Waals surface area contributed by atoms with Crippen LogP contribution in [0.15, 0.2) is 18.2 Å². The van der Waals surface area contributed by atoms with Crippen molar-refractivity contribution in [3.8, 4) is 17.2 Å². The number of ketones is 3. The van der Waals surface area contributed by atoms with Gasteiger partial charge < -0.3 is 45.1 Å². The van der Waals surface area contributed by atoms with Gasteiger partial charge in [0.1, 0.15) is 29.5 Å². The van der Waals surface area contributed by atoms with E-state index in [9.17, 15) is 34.8 Å². The lowest BCUT2D eigenvalue weighted by atomic mass is 9.72. The number of benzene rings is 2. The molecule has 1 saturated heterocycles. The highest BCUT2D eigenvalue weighted by atomic mass is 16.7. The Bertz CT molecular complexity index is 1390. The van der Waals surface area contributed by atoms with E-state index in [1.54, 1.807) is 6.92 Å². The molecule has 0 aromatic heterocycles. The van der Waals surface area contributed by atoms with Crippen LogP contribution in [0.25, 0.3) is 0 Å². The van der Waals surface area contributed by atoms with E-state index in [-0.39, 0.29) is 40.8 Å². The topological polar surface area (TPSA) is 195 Å². The summed E-state index contributed by atoms with van der Waals surface area (Å²) >= 11 is 0. The van der Waals surface area contributed by atoms with E-state index in [4.69, 9.17) is 24.7 Å². The average molecular weight is 558 g/mol. The largest absolute Gasteiger partial charge is 0.507 e. The second-order valence-electron chi connectivity index (χ2n) is 10.4. The van der Waals surface area contributed by atoms with Crippen molar-refractivity contribution in [2.75, 3.05) is 20.8 Å². The molecule has 12 heteroatoms. The highest BCUT2D eigenvalue weighted by Crippen LogP contribution is 2.52. The lowest BCUT2D eigenvalue weighted by Gasteiger charge is -2.42. The number of carbonyl (C=O) groups excluding carboxylic acids is 3. The molecule has 0 saturated carbocycles. The van der Waals surface area contributed by atoms with E-state index in [0.29, 0.717) is 0 Å². The van der Waals surface area contributed by atoms with Gasteiger partial charge in [-0.25, -0.2) is 0 Å². The van der Waals surface area contributed by atoms with Crippen molar-refractivity contribution in [3.63, 3.8) is 0 Å². The number of nitrogens with two attached hydrogens (primary N) is 1. The Morgan fingerprint density at radius 1 is 1.12 bits per heavy atom. The minimum atomic E-state index is -2.11. The summed E-state index contributed by atoms with van der Waals surface area (Å²) in [4.78, 5) is 40.2. The Kier molecular flexibility index (Phi) is 7.19. The number of hydrogen-bond acceptors (Lipinski definition) is 12. The molecule has 6 N–H and O–H groups in total. The molecule has 1 aliphatic heterocycles. The third kappa shape index (κ3) is 4.28. The summed E-state index contributed by atoms with van der Waals surface area (Å²) in [5.41, 5.74) is 2.75. The van der Waals surface area contributed by atoms with Crippen LogP contribution in [0.4, 0.5) is 0 Å². The summed E-state index contributed by atoms with van der Waals surface area (Å²) in [5.74, 6) is -3.37. The van der Waals surface area contributed by atoms with E-state index < -0.39 is 89.2 Å². The molecule has 2 aliphatic carbocycles. The number of carbonyl (C=O) groups is 3. The summed E-state index contributed by atoms with van der Waals surface area (Å²) in [6.07, 6.45) is -4.80. The third-order valence-electron chi connectivity index (χ3n) is 7.94. The van der Waals surface area contributed by atoms with Crippen LogP contribution in [0.3, 0.4) is 0 Å². The number of phenolic OH excluding ortho intramolecular Hbond substituents is 2. The molecule has 5 rings (SSSR count). The highest BCUT2D eigenvalue weighted by Gasteiger charge is 2.50. The monoisotopic (exact) mass is 557 g/mol. The van der Waals surface area contributed by atoms with Crippen molar-refractivity contribution in [1.82, 2.24) is 0 Å². The predicted octanol–water partition coefficient (Wildman–Crippen LogP) is 0.655. The van der Waals surface area contributed by atoms with Gasteiger partial charge >= 0.3 is 0 Å². The zero-order chi connectivity index (χ0) is 29.1. The lowest BCUT2D eigenvalue weighted by Crippen LogP contribution is -2.53. The summed E-state index contributed by atoms with van der Waals surface area (Å²) in [7, 11) is 2.62. The maximum atomic E-state index is 13.7. The van der Waals surface area contributed by atoms with Crippen LogP contribution in [0.2, 0.25) is 0 Å². The maximum Gasteiger partial charge on any atom is 0.202 e. The smallest absolute Gasteiger partial charge is 0.202 e. The fourth-order valence-corrected chi connectivity index (χ4v) is 5.87. The van der Waals surface area contributed by atoms with Crippen LogP contribution in [0.5, 0.6) is 17.2 Å². The zero-order valence-corrected chi connectivity index (χ0v) is 22.2. The molecular formula is C28H31NO11. The second-order valence-corrected chi connectivity index (χ2v) is 10.4. The zero-order valence-electron chi connectivity index (χ0n) is 22.2. The van der Waals surface area contributed by atoms with Crippen LogP contribution in [-0.4, -0.2) is 88.7 Å². The van der Waals surface area contributed by atoms with Crippen molar-refractivity contribution in [3.05, 3.63) is 51.6 Å². The Hall–Kier alpha value is -3.39. The molecule has 6 atom stereocenters. The number of rotatable bonds is 6. The molecule has 12 nitrogen and oxygen atoms in total. The fraction of sp³-hybridized carbons (Fsp3) is 0.464. The first kappa shape index (κ1) is 28.1. The molecule has 0 spiro atoms. The number of methoxy groups -OCH3 is 2. The first-order valence-corrected chi connectivity index (χ1v) is 12.8. The van der Waals surface area contributed by atoms with Crippen molar-refractivity contribution in [2.45, 2.75) is 62.4 Å². The summed E-state index contributed by atoms with van der Waals surface area (Å²) in [5, 5.41) is 44.6. The van der Waals surface area contributed by atoms with Crippen LogP contribution in [0.1, 0.15) is 68.8 Å². The Morgan fingerprint density at radius 2 is 1.82 bits per heavy atom. The van der Waals surface area contributed by atoms with Crippen molar-refractivity contribution >= 4 is 17.3 Å². The minimum Gasteiger partial charge on any atom is -0.507 e. The Morgan fingerprint density at radius 3 is 2.48 bits per heavy atom. The molecule has 4 unspecified atom stereocenters. The quantitative estimate of drug-likeness (QED) is 0.266. The standard InChI is InChI=1S/C28H31NO11/c1-11-23(31)14(29)7-18(39-11)40-16-9-28(36,17(30)10-37-2)8-13-20(16)27(35)22-21(25(13)33)24(32)12-5-4-6-15(38-3)19(12)26(22)34/h4-6,11,14,16,18,23,31,33,35-36H,7-10,29H2,1-3H3/t11?,14?,16-,18?,23?,28-/m0/s1. The number of fused-ring (bicyclic) bond motifs is 3. The number of hydrogen-bond donors (Lipinski definition) is 5. The second kappa shape index (κ2) is 10.2. The Labute approximate surface area is 229 Å². The number of phenols is 2. The number of aliphatic hydroxyl groups excluding tert-OH is 1. The van der Waals surface area contributed by atoms with Crippen molar-refractivity contribution in [1.29, 1.82) is 0 Å². The third-order valence-corrected chi connectivity index (χ3v) is 7.94. The van der Waals surface area contributed by atoms with Crippen molar-refractivity contribution < 1.29 is 53.8 Å². The average Bonchev–Trinajstić information content (AvgIpc) is 2.91. The van der Waals surface area contributed by atoms with Gasteiger partial charge in [-0.3, -0.25) is 14.4 Å². The molecule has 0 bridgehead atoms. The van der Waals surface area contributed by atoms with Gasteiger partial charge in [0.25, 0.3) is 0 Å². The van der Waals surface area contributed by atoms with E-state index >= 15 is 0 Å². The number of aromatic hydroxyl groups is 2. The minimum absolute atomic E-state index is 0.0297. The Balaban J connectivity index is 1.68. The molecule has 40 heavy (non-hydrogen) atoms. The van der Waals surface area contributed by atoms with E-state index in [1.165, 1.54) is 32.4 Å². The first-order valence-electron chi connectivity index (χ1n) is 12.8. The molecule has 3 aliphatic rings. The molecule has 0 radical (unpaired) electrons. The fourth-order valence-electron chi connectivity index (χ4n) is 5.87. The highest BCUT2D eigenvalue weighted by molar-refractivity contribution is 6.31. The molecule has 214 valence electrons. The van der Waals surface area contributed by atoms with E-state index in [0.717, 1.165) is 0 Å². The molecule has 1 fully saturated rings. The normalized spacial score (nSPS) is 29.4. The van der Waals surface area contributed by atoms with Crippen LogP contribution in [-0.2, 0) is 25.4 Å². The molecule has 2 aromatic carbocycles. The van der Waals surface area contributed by atoms with Crippen LogP contribution >= 0.6 is 0 Å². The van der Waals surface area contributed by atoms with Gasteiger partial charge in [-0.1, -0.05) is 12.1 Å². The number of aliphatic hydroxyl groups is 2.